The number of ether oxygens (including phenoxy) is 3. The van der Waals surface area contributed by atoms with Crippen LogP contribution in [-0.2, 0) is 28.6 Å². The lowest BCUT2D eigenvalue weighted by Gasteiger charge is -2.27. The molecule has 0 spiro atoms. The topological polar surface area (TPSA) is 140 Å². The summed E-state index contributed by atoms with van der Waals surface area (Å²) in [5.41, 5.74) is 1.68. The SMILES string of the molecule is C=C1C(=O)O[C@@H]2/C=C(\C)CC/C=C(\C)C[C@@H](OC(=O)/C(=C/CO)COC(=O)C(=C)[C@H](O)CO)[C@@H]12. The van der Waals surface area contributed by atoms with Crippen LogP contribution in [0.4, 0.5) is 0 Å². The van der Waals surface area contributed by atoms with Gasteiger partial charge in [-0.15, -0.1) is 0 Å². The van der Waals surface area contributed by atoms with E-state index in [2.05, 4.69) is 13.2 Å². The average molecular weight is 477 g/mol. The molecule has 1 heterocycles. The van der Waals surface area contributed by atoms with Crippen molar-refractivity contribution in [3.05, 3.63) is 59.3 Å². The third kappa shape index (κ3) is 6.99. The van der Waals surface area contributed by atoms with Gasteiger partial charge in [-0.05, 0) is 38.8 Å². The molecular formula is C25H32O9. The van der Waals surface area contributed by atoms with E-state index in [4.69, 9.17) is 19.3 Å². The van der Waals surface area contributed by atoms with E-state index in [1.54, 1.807) is 0 Å². The summed E-state index contributed by atoms with van der Waals surface area (Å²) >= 11 is 0. The van der Waals surface area contributed by atoms with E-state index in [-0.39, 0.29) is 16.7 Å². The van der Waals surface area contributed by atoms with Gasteiger partial charge in [0, 0.05) is 12.0 Å². The van der Waals surface area contributed by atoms with Crippen molar-refractivity contribution in [2.75, 3.05) is 19.8 Å². The molecule has 3 N–H and O–H groups in total. The summed E-state index contributed by atoms with van der Waals surface area (Å²) in [5, 5.41) is 27.8. The minimum atomic E-state index is -1.50. The monoisotopic (exact) mass is 476 g/mol. The number of carbonyl (C=O) groups is 3. The molecule has 0 amide bonds. The lowest BCUT2D eigenvalue weighted by Crippen LogP contribution is -2.34. The molecule has 0 bridgehead atoms. The normalized spacial score (nSPS) is 27.3. The molecule has 0 radical (unpaired) electrons. The first-order valence-corrected chi connectivity index (χ1v) is 11.0. The maximum absolute atomic E-state index is 13.0. The third-order valence-electron chi connectivity index (χ3n) is 5.72. The van der Waals surface area contributed by atoms with Gasteiger partial charge in [0.15, 0.2) is 0 Å². The van der Waals surface area contributed by atoms with Gasteiger partial charge < -0.3 is 29.5 Å². The van der Waals surface area contributed by atoms with Crippen LogP contribution in [0.5, 0.6) is 0 Å². The van der Waals surface area contributed by atoms with Gasteiger partial charge in [0.1, 0.15) is 24.9 Å². The van der Waals surface area contributed by atoms with Crippen molar-refractivity contribution >= 4 is 17.9 Å². The van der Waals surface area contributed by atoms with Gasteiger partial charge in [0.2, 0.25) is 0 Å². The number of esters is 3. The van der Waals surface area contributed by atoms with Crippen LogP contribution in [0.1, 0.15) is 33.1 Å². The molecule has 0 saturated carbocycles. The van der Waals surface area contributed by atoms with Crippen molar-refractivity contribution in [2.45, 2.75) is 51.4 Å². The summed E-state index contributed by atoms with van der Waals surface area (Å²) in [5.74, 6) is -3.02. The molecule has 0 aromatic rings. The Hall–Kier alpha value is -3.01. The summed E-state index contributed by atoms with van der Waals surface area (Å²) < 4.78 is 16.2. The zero-order valence-electron chi connectivity index (χ0n) is 19.5. The molecular weight excluding hydrogens is 444 g/mol. The minimum Gasteiger partial charge on any atom is -0.458 e. The Morgan fingerprint density at radius 2 is 1.97 bits per heavy atom. The fourth-order valence-corrected chi connectivity index (χ4v) is 3.74. The molecule has 1 saturated heterocycles. The van der Waals surface area contributed by atoms with E-state index in [1.165, 1.54) is 0 Å². The van der Waals surface area contributed by atoms with Gasteiger partial charge in [-0.3, -0.25) is 0 Å². The van der Waals surface area contributed by atoms with E-state index >= 15 is 0 Å². The average Bonchev–Trinajstić information content (AvgIpc) is 3.06. The molecule has 2 rings (SSSR count). The Morgan fingerprint density at radius 3 is 2.62 bits per heavy atom. The summed E-state index contributed by atoms with van der Waals surface area (Å²) in [6.45, 7) is 9.25. The van der Waals surface area contributed by atoms with E-state index < -0.39 is 62.0 Å². The number of hydrogen-bond acceptors (Lipinski definition) is 9. The Balaban J connectivity index is 2.24. The molecule has 9 heteroatoms. The van der Waals surface area contributed by atoms with Crippen LogP contribution in [0.2, 0.25) is 0 Å². The highest BCUT2D eigenvalue weighted by Crippen LogP contribution is 2.36. The number of allylic oxidation sites excluding steroid dienone is 2. The fraction of sp³-hybridized carbons (Fsp3) is 0.480. The lowest BCUT2D eigenvalue weighted by molar-refractivity contribution is -0.148. The molecule has 1 aliphatic heterocycles. The number of aliphatic hydroxyl groups excluding tert-OH is 3. The lowest BCUT2D eigenvalue weighted by atomic mass is 9.85. The van der Waals surface area contributed by atoms with Crippen molar-refractivity contribution in [1.29, 1.82) is 0 Å². The molecule has 1 aliphatic carbocycles. The van der Waals surface area contributed by atoms with Crippen molar-refractivity contribution < 1.29 is 43.9 Å². The zero-order valence-corrected chi connectivity index (χ0v) is 19.5. The quantitative estimate of drug-likeness (QED) is 0.205. The van der Waals surface area contributed by atoms with Gasteiger partial charge >= 0.3 is 17.9 Å². The van der Waals surface area contributed by atoms with Crippen molar-refractivity contribution in [3.8, 4) is 0 Å². The number of rotatable bonds is 8. The standard InChI is InChI=1S/C25H32O9/c1-14-6-5-7-15(2)11-21(22-17(4)24(30)33-20(22)10-14)34-25(31)18(8-9-26)13-32-23(29)16(3)19(28)12-27/h7-8,10,19-22,26-28H,3-6,9,11-13H2,1-2H3/b14-10+,15-7+,18-8+/t19-,20-,21-,22+/m1/s1. The third-order valence-corrected chi connectivity index (χ3v) is 5.72. The van der Waals surface area contributed by atoms with Crippen molar-refractivity contribution in [1.82, 2.24) is 0 Å². The van der Waals surface area contributed by atoms with Crippen LogP contribution in [0, 0.1) is 5.92 Å². The predicted octanol–water partition coefficient (Wildman–Crippen LogP) is 1.44. The summed E-state index contributed by atoms with van der Waals surface area (Å²) in [7, 11) is 0. The molecule has 0 unspecified atom stereocenters. The van der Waals surface area contributed by atoms with Crippen LogP contribution in [0.25, 0.3) is 0 Å². The molecule has 2 aliphatic rings. The summed E-state index contributed by atoms with van der Waals surface area (Å²) in [6.07, 6.45) is 4.04. The molecule has 0 aromatic heterocycles. The van der Waals surface area contributed by atoms with E-state index in [0.29, 0.717) is 6.42 Å². The van der Waals surface area contributed by atoms with Gasteiger partial charge in [0.05, 0.1) is 30.3 Å². The minimum absolute atomic E-state index is 0.139. The zero-order chi connectivity index (χ0) is 25.4. The van der Waals surface area contributed by atoms with Crippen molar-refractivity contribution in [2.24, 2.45) is 5.92 Å². The molecule has 9 nitrogen and oxygen atoms in total. The summed E-state index contributed by atoms with van der Waals surface area (Å²) in [4.78, 5) is 37.2. The Morgan fingerprint density at radius 1 is 1.26 bits per heavy atom. The maximum Gasteiger partial charge on any atom is 0.337 e. The van der Waals surface area contributed by atoms with Gasteiger partial charge in [-0.1, -0.05) is 30.4 Å². The number of aliphatic hydroxyl groups is 3. The predicted molar refractivity (Wildman–Crippen MR) is 122 cm³/mol. The van der Waals surface area contributed by atoms with Crippen LogP contribution in [0.15, 0.2) is 59.3 Å². The summed E-state index contributed by atoms with van der Waals surface area (Å²) in [6, 6.07) is 0. The molecule has 0 aromatic carbocycles. The van der Waals surface area contributed by atoms with Gasteiger partial charge in [-0.2, -0.15) is 0 Å². The molecule has 4 atom stereocenters. The van der Waals surface area contributed by atoms with Crippen LogP contribution in [0.3, 0.4) is 0 Å². The highest BCUT2D eigenvalue weighted by molar-refractivity contribution is 5.93. The Bertz CT molecular complexity index is 925. The smallest absolute Gasteiger partial charge is 0.337 e. The highest BCUT2D eigenvalue weighted by atomic mass is 16.6. The second kappa shape index (κ2) is 12.5. The van der Waals surface area contributed by atoms with Gasteiger partial charge in [-0.25, -0.2) is 14.4 Å². The van der Waals surface area contributed by atoms with E-state index in [1.807, 2.05) is 26.0 Å². The molecule has 1 fully saturated rings. The molecule has 34 heavy (non-hydrogen) atoms. The van der Waals surface area contributed by atoms with Crippen LogP contribution in [-0.4, -0.2) is 71.4 Å². The van der Waals surface area contributed by atoms with Crippen molar-refractivity contribution in [3.63, 3.8) is 0 Å². The first-order valence-electron chi connectivity index (χ1n) is 11.0. The first-order chi connectivity index (χ1) is 16.1. The van der Waals surface area contributed by atoms with Gasteiger partial charge in [0.25, 0.3) is 0 Å². The number of hydrogen-bond donors (Lipinski definition) is 3. The number of carbonyl (C=O) groups excluding carboxylic acids is 3. The Labute approximate surface area is 198 Å². The largest absolute Gasteiger partial charge is 0.458 e. The van der Waals surface area contributed by atoms with Crippen LogP contribution >= 0.6 is 0 Å². The maximum atomic E-state index is 13.0. The second-order valence-electron chi connectivity index (χ2n) is 8.38. The number of fused-ring (bicyclic) bond motifs is 1. The fourth-order valence-electron chi connectivity index (χ4n) is 3.74. The Kier molecular flexibility index (Phi) is 9.97. The highest BCUT2D eigenvalue weighted by Gasteiger charge is 2.44. The molecule has 186 valence electrons. The second-order valence-corrected chi connectivity index (χ2v) is 8.38. The first kappa shape index (κ1) is 27.2. The van der Waals surface area contributed by atoms with E-state index in [0.717, 1.165) is 30.1 Å². The van der Waals surface area contributed by atoms with Crippen LogP contribution < -0.4 is 0 Å². The van der Waals surface area contributed by atoms with E-state index in [9.17, 15) is 24.6 Å².